The molecule has 19 heavy (non-hydrogen) atoms. The van der Waals surface area contributed by atoms with Gasteiger partial charge in [0.05, 0.1) is 17.9 Å². The minimum Gasteiger partial charge on any atom is -0.397 e. The zero-order valence-electron chi connectivity index (χ0n) is 11.1. The fourth-order valence-electron chi connectivity index (χ4n) is 1.65. The van der Waals surface area contributed by atoms with Crippen LogP contribution in [0.5, 0.6) is 0 Å². The molecule has 0 unspecified atom stereocenters. The number of primary amides is 1. The van der Waals surface area contributed by atoms with Crippen molar-refractivity contribution in [2.24, 2.45) is 5.73 Å². The van der Waals surface area contributed by atoms with E-state index < -0.39 is 5.91 Å². The van der Waals surface area contributed by atoms with Crippen LogP contribution in [0.25, 0.3) is 0 Å². The van der Waals surface area contributed by atoms with Gasteiger partial charge in [0.25, 0.3) is 0 Å². The van der Waals surface area contributed by atoms with Crippen LogP contribution >= 0.6 is 0 Å². The molecule has 0 saturated carbocycles. The molecule has 0 bridgehead atoms. The van der Waals surface area contributed by atoms with E-state index in [9.17, 15) is 9.59 Å². The van der Waals surface area contributed by atoms with Gasteiger partial charge in [-0.15, -0.1) is 0 Å². The van der Waals surface area contributed by atoms with Gasteiger partial charge < -0.3 is 16.8 Å². The number of anilines is 2. The summed E-state index contributed by atoms with van der Waals surface area (Å²) in [5, 5.41) is 2.74. The van der Waals surface area contributed by atoms with Crippen LogP contribution in [0, 0.1) is 0 Å². The number of amides is 2. The Labute approximate surface area is 112 Å². The van der Waals surface area contributed by atoms with Gasteiger partial charge in [0, 0.05) is 13.0 Å². The Morgan fingerprint density at radius 2 is 2.00 bits per heavy atom. The number of nitrogens with one attached hydrogen (secondary N) is 1. The fourth-order valence-corrected chi connectivity index (χ4v) is 1.65. The summed E-state index contributed by atoms with van der Waals surface area (Å²) in [7, 11) is 0. The van der Waals surface area contributed by atoms with Crippen molar-refractivity contribution in [3.8, 4) is 0 Å². The van der Waals surface area contributed by atoms with E-state index in [0.717, 1.165) is 0 Å². The molecule has 1 aromatic carbocycles. The van der Waals surface area contributed by atoms with Crippen molar-refractivity contribution in [2.45, 2.75) is 13.3 Å². The average Bonchev–Trinajstić information content (AvgIpc) is 2.37. The van der Waals surface area contributed by atoms with E-state index in [1.54, 1.807) is 24.3 Å². The fraction of sp³-hybridized carbons (Fsp3) is 0.385. The van der Waals surface area contributed by atoms with Gasteiger partial charge in [-0.2, -0.15) is 0 Å². The maximum absolute atomic E-state index is 11.8. The van der Waals surface area contributed by atoms with Crippen LogP contribution in [0.1, 0.15) is 13.3 Å². The van der Waals surface area contributed by atoms with Crippen molar-refractivity contribution in [3.05, 3.63) is 24.3 Å². The minimum absolute atomic E-state index is 0.138. The topological polar surface area (TPSA) is 101 Å². The Balaban J connectivity index is 2.43. The summed E-state index contributed by atoms with van der Waals surface area (Å²) < 4.78 is 0. The highest BCUT2D eigenvalue weighted by Gasteiger charge is 2.09. The number of benzene rings is 1. The molecule has 0 saturated heterocycles. The Bertz CT molecular complexity index is 448. The standard InChI is InChI=1S/C13H20N4O2/c1-2-17(9-12(15)18)8-7-13(19)16-11-6-4-3-5-10(11)14/h3-6H,2,7-9,14H2,1H3,(H2,15,18)(H,16,19). The van der Waals surface area contributed by atoms with E-state index in [0.29, 0.717) is 24.5 Å². The SMILES string of the molecule is CCN(CCC(=O)Nc1ccccc1N)CC(N)=O. The van der Waals surface area contributed by atoms with E-state index >= 15 is 0 Å². The largest absolute Gasteiger partial charge is 0.397 e. The first kappa shape index (κ1) is 15.0. The summed E-state index contributed by atoms with van der Waals surface area (Å²) in [6, 6.07) is 7.07. The second-order valence-electron chi connectivity index (χ2n) is 4.22. The molecule has 0 atom stereocenters. The summed E-state index contributed by atoms with van der Waals surface area (Å²) in [6.45, 7) is 3.23. The van der Waals surface area contributed by atoms with Crippen molar-refractivity contribution in [2.75, 3.05) is 30.7 Å². The predicted octanol–water partition coefficient (Wildman–Crippen LogP) is 0.405. The molecule has 0 aliphatic heterocycles. The molecule has 104 valence electrons. The zero-order chi connectivity index (χ0) is 14.3. The average molecular weight is 264 g/mol. The Kier molecular flexibility index (Phi) is 5.81. The molecule has 0 radical (unpaired) electrons. The predicted molar refractivity (Wildman–Crippen MR) is 75.4 cm³/mol. The molecule has 0 aromatic heterocycles. The molecule has 2 amide bonds. The maximum atomic E-state index is 11.8. The Morgan fingerprint density at radius 1 is 1.32 bits per heavy atom. The van der Waals surface area contributed by atoms with Crippen LogP contribution < -0.4 is 16.8 Å². The van der Waals surface area contributed by atoms with Crippen molar-refractivity contribution < 1.29 is 9.59 Å². The second-order valence-corrected chi connectivity index (χ2v) is 4.22. The highest BCUT2D eigenvalue weighted by atomic mass is 16.2. The van der Waals surface area contributed by atoms with Crippen LogP contribution in [-0.4, -0.2) is 36.3 Å². The molecule has 0 heterocycles. The zero-order valence-corrected chi connectivity index (χ0v) is 11.1. The smallest absolute Gasteiger partial charge is 0.231 e. The number of nitrogen functional groups attached to an aromatic ring is 1. The van der Waals surface area contributed by atoms with Gasteiger partial charge in [0.15, 0.2) is 0 Å². The summed E-state index contributed by atoms with van der Waals surface area (Å²) in [5.41, 5.74) is 12.0. The lowest BCUT2D eigenvalue weighted by atomic mass is 10.2. The molecule has 0 spiro atoms. The van der Waals surface area contributed by atoms with Gasteiger partial charge in [-0.05, 0) is 18.7 Å². The maximum Gasteiger partial charge on any atom is 0.231 e. The number of para-hydroxylation sites is 2. The van der Waals surface area contributed by atoms with Gasteiger partial charge in [-0.3, -0.25) is 14.5 Å². The van der Waals surface area contributed by atoms with E-state index in [-0.39, 0.29) is 18.9 Å². The lowest BCUT2D eigenvalue weighted by molar-refractivity contribution is -0.120. The van der Waals surface area contributed by atoms with Gasteiger partial charge >= 0.3 is 0 Å². The molecule has 5 N–H and O–H groups in total. The summed E-state index contributed by atoms with van der Waals surface area (Å²) in [4.78, 5) is 24.4. The third-order valence-corrected chi connectivity index (χ3v) is 2.72. The lowest BCUT2D eigenvalue weighted by Crippen LogP contribution is -2.35. The van der Waals surface area contributed by atoms with E-state index in [1.807, 2.05) is 11.8 Å². The molecular formula is C13H20N4O2. The van der Waals surface area contributed by atoms with Gasteiger partial charge in [0.2, 0.25) is 11.8 Å². The number of nitrogens with two attached hydrogens (primary N) is 2. The van der Waals surface area contributed by atoms with Gasteiger partial charge in [0.1, 0.15) is 0 Å². The number of likely N-dealkylation sites (N-methyl/N-ethyl adjacent to an activating group) is 1. The quantitative estimate of drug-likeness (QED) is 0.620. The second kappa shape index (κ2) is 7.38. The first-order chi connectivity index (χ1) is 9.02. The number of hydrogen-bond acceptors (Lipinski definition) is 4. The summed E-state index contributed by atoms with van der Waals surface area (Å²) in [5.74, 6) is -0.532. The highest BCUT2D eigenvalue weighted by Crippen LogP contribution is 2.16. The Morgan fingerprint density at radius 3 is 2.58 bits per heavy atom. The normalized spacial score (nSPS) is 10.4. The molecular weight excluding hydrogens is 244 g/mol. The third-order valence-electron chi connectivity index (χ3n) is 2.72. The summed E-state index contributed by atoms with van der Waals surface area (Å²) >= 11 is 0. The molecule has 6 heteroatoms. The number of rotatable bonds is 7. The van der Waals surface area contributed by atoms with Crippen molar-refractivity contribution in [1.82, 2.24) is 4.90 Å². The van der Waals surface area contributed by atoms with Gasteiger partial charge in [-0.1, -0.05) is 19.1 Å². The highest BCUT2D eigenvalue weighted by molar-refractivity contribution is 5.93. The minimum atomic E-state index is -0.394. The van der Waals surface area contributed by atoms with E-state index in [2.05, 4.69) is 5.32 Å². The van der Waals surface area contributed by atoms with E-state index in [1.165, 1.54) is 0 Å². The van der Waals surface area contributed by atoms with Crippen LogP contribution in [0.3, 0.4) is 0 Å². The van der Waals surface area contributed by atoms with Crippen molar-refractivity contribution >= 4 is 23.2 Å². The molecule has 1 rings (SSSR count). The molecule has 1 aromatic rings. The number of carbonyl (C=O) groups excluding carboxylic acids is 2. The first-order valence-corrected chi connectivity index (χ1v) is 6.18. The number of carbonyl (C=O) groups is 2. The number of nitrogens with zero attached hydrogens (tertiary/aromatic N) is 1. The lowest BCUT2D eigenvalue weighted by Gasteiger charge is -2.18. The van der Waals surface area contributed by atoms with Crippen LogP contribution in [0.15, 0.2) is 24.3 Å². The first-order valence-electron chi connectivity index (χ1n) is 6.18. The van der Waals surface area contributed by atoms with Crippen molar-refractivity contribution in [3.63, 3.8) is 0 Å². The summed E-state index contributed by atoms with van der Waals surface area (Å²) in [6.07, 6.45) is 0.287. The molecule has 0 fully saturated rings. The molecule has 6 nitrogen and oxygen atoms in total. The van der Waals surface area contributed by atoms with Gasteiger partial charge in [-0.25, -0.2) is 0 Å². The molecule has 0 aliphatic rings. The Hall–Kier alpha value is -2.08. The van der Waals surface area contributed by atoms with Crippen LogP contribution in [0.4, 0.5) is 11.4 Å². The van der Waals surface area contributed by atoms with E-state index in [4.69, 9.17) is 11.5 Å². The molecule has 0 aliphatic carbocycles. The van der Waals surface area contributed by atoms with Crippen LogP contribution in [-0.2, 0) is 9.59 Å². The monoisotopic (exact) mass is 264 g/mol. The number of hydrogen-bond donors (Lipinski definition) is 3. The van der Waals surface area contributed by atoms with Crippen LogP contribution in [0.2, 0.25) is 0 Å². The third kappa shape index (κ3) is 5.39. The van der Waals surface area contributed by atoms with Crippen molar-refractivity contribution in [1.29, 1.82) is 0 Å².